The number of thioether (sulfide) groups is 1. The molecule has 3 heterocycles. The summed E-state index contributed by atoms with van der Waals surface area (Å²) in [5.41, 5.74) is -3.33. The van der Waals surface area contributed by atoms with Crippen molar-refractivity contribution in [1.82, 2.24) is 25.0 Å². The fourth-order valence-corrected chi connectivity index (χ4v) is 7.02. The van der Waals surface area contributed by atoms with Crippen molar-refractivity contribution in [2.45, 2.75) is 72.2 Å². The minimum Gasteiger partial charge on any atom is -0.394 e. The molecule has 2 fully saturated rings. The molecule has 2 aromatic heterocycles. The van der Waals surface area contributed by atoms with Crippen LogP contribution in [-0.4, -0.2) is 87.3 Å². The molecule has 228 valence electrons. The van der Waals surface area contributed by atoms with Gasteiger partial charge >= 0.3 is 0 Å². The molecule has 1 aromatic carbocycles. The van der Waals surface area contributed by atoms with Gasteiger partial charge in [0.2, 0.25) is 5.92 Å². The molecule has 42 heavy (non-hydrogen) atoms. The number of alkyl halides is 2. The van der Waals surface area contributed by atoms with Gasteiger partial charge in [0.15, 0.2) is 22.6 Å². The van der Waals surface area contributed by atoms with Gasteiger partial charge in [-0.15, -0.1) is 16.9 Å². The lowest BCUT2D eigenvalue weighted by Gasteiger charge is -2.46. The fourth-order valence-electron chi connectivity index (χ4n) is 5.15. The molecule has 0 amide bonds. The summed E-state index contributed by atoms with van der Waals surface area (Å²) in [6.07, 6.45) is -2.64. The van der Waals surface area contributed by atoms with Crippen molar-refractivity contribution in [3.63, 3.8) is 0 Å². The zero-order chi connectivity index (χ0) is 30.4. The van der Waals surface area contributed by atoms with Gasteiger partial charge in [-0.2, -0.15) is 0 Å². The summed E-state index contributed by atoms with van der Waals surface area (Å²) in [6, 6.07) is 0.0401. The average molecular weight is 638 g/mol. The van der Waals surface area contributed by atoms with Crippen LogP contribution in [0.5, 0.6) is 0 Å². The number of aromatic nitrogens is 5. The van der Waals surface area contributed by atoms with Crippen LogP contribution in [0.25, 0.3) is 11.3 Å². The van der Waals surface area contributed by atoms with Crippen LogP contribution in [0, 0.1) is 17.5 Å². The van der Waals surface area contributed by atoms with Gasteiger partial charge in [0.05, 0.1) is 29.3 Å². The van der Waals surface area contributed by atoms with Gasteiger partial charge in [-0.25, -0.2) is 31.6 Å². The molecule has 3 aromatic rings. The van der Waals surface area contributed by atoms with Crippen molar-refractivity contribution < 1.29 is 47.1 Å². The van der Waals surface area contributed by atoms with Gasteiger partial charge in [0, 0.05) is 30.8 Å². The summed E-state index contributed by atoms with van der Waals surface area (Å²) < 4.78 is 75.8. The molecule has 0 unspecified atom stereocenters. The van der Waals surface area contributed by atoms with Gasteiger partial charge in [-0.3, -0.25) is 4.98 Å². The van der Waals surface area contributed by atoms with Crippen LogP contribution in [0.1, 0.15) is 42.7 Å². The monoisotopic (exact) mass is 637 g/mol. The van der Waals surface area contributed by atoms with Crippen LogP contribution in [0.2, 0.25) is 5.15 Å². The molecule has 5 rings (SSSR count). The van der Waals surface area contributed by atoms with Gasteiger partial charge in [-0.1, -0.05) is 16.8 Å². The second kappa shape index (κ2) is 11.9. The molecular formula is C25H25ClF5N5O5S. The smallest absolute Gasteiger partial charge is 0.248 e. The van der Waals surface area contributed by atoms with E-state index in [9.17, 15) is 42.4 Å². The number of hydrogen-bond acceptors (Lipinski definition) is 10. The zero-order valence-electron chi connectivity index (χ0n) is 21.5. The predicted octanol–water partition coefficient (Wildman–Crippen LogP) is 3.20. The first-order valence-electron chi connectivity index (χ1n) is 12.7. The van der Waals surface area contributed by atoms with E-state index >= 15 is 0 Å². The van der Waals surface area contributed by atoms with Crippen LogP contribution < -0.4 is 0 Å². The second-order valence-corrected chi connectivity index (χ2v) is 11.8. The fraction of sp³-hybridized carbons (Fsp3) is 0.520. The maximum atomic E-state index is 14.0. The first-order chi connectivity index (χ1) is 19.8. The quantitative estimate of drug-likeness (QED) is 0.225. The summed E-state index contributed by atoms with van der Waals surface area (Å²) in [5.74, 6) is -7.58. The average Bonchev–Trinajstić information content (AvgIpc) is 3.43. The maximum absolute atomic E-state index is 14.0. The molecule has 17 heteroatoms. The van der Waals surface area contributed by atoms with Crippen molar-refractivity contribution in [3.8, 4) is 11.3 Å². The SMILES string of the molecule is OC[C@H]1O[C@@H](S[C@H](c2nccnc2Cl)C2(O)CCC(F)(F)CC2)[C@H](O)[C@@H](n2cc(-c3cc(F)c(F)c(F)c3)nn2)[C@H]1O. The van der Waals surface area contributed by atoms with E-state index in [1.54, 1.807) is 0 Å². The van der Waals surface area contributed by atoms with E-state index < -0.39 is 83.5 Å². The number of aliphatic hydroxyl groups excluding tert-OH is 3. The highest BCUT2D eigenvalue weighted by Gasteiger charge is 2.52. The van der Waals surface area contributed by atoms with E-state index in [-0.39, 0.29) is 34.9 Å². The molecule has 2 aliphatic rings. The summed E-state index contributed by atoms with van der Waals surface area (Å²) in [5, 5.41) is 50.3. The summed E-state index contributed by atoms with van der Waals surface area (Å²) >= 11 is 7.07. The Morgan fingerprint density at radius 2 is 1.69 bits per heavy atom. The van der Waals surface area contributed by atoms with Gasteiger partial charge < -0.3 is 25.2 Å². The summed E-state index contributed by atoms with van der Waals surface area (Å²) in [4.78, 5) is 8.17. The Bertz CT molecular complexity index is 1410. The molecule has 1 aliphatic carbocycles. The van der Waals surface area contributed by atoms with E-state index in [0.29, 0.717) is 12.1 Å². The minimum absolute atomic E-state index is 0.0549. The Kier molecular flexibility index (Phi) is 8.78. The van der Waals surface area contributed by atoms with E-state index in [2.05, 4.69) is 20.3 Å². The second-order valence-electron chi connectivity index (χ2n) is 10.2. The zero-order valence-corrected chi connectivity index (χ0v) is 23.1. The number of ether oxygens (including phenoxy) is 1. The number of aliphatic hydroxyl groups is 4. The molecule has 4 N–H and O–H groups in total. The van der Waals surface area contributed by atoms with Gasteiger partial charge in [-0.05, 0) is 25.0 Å². The summed E-state index contributed by atoms with van der Waals surface area (Å²) in [6.45, 7) is -0.718. The normalized spacial score (nSPS) is 28.0. The first-order valence-corrected chi connectivity index (χ1v) is 14.1. The Morgan fingerprint density at radius 3 is 2.31 bits per heavy atom. The molecule has 0 spiro atoms. The molecule has 0 bridgehead atoms. The Balaban J connectivity index is 1.47. The van der Waals surface area contributed by atoms with E-state index in [4.69, 9.17) is 16.3 Å². The van der Waals surface area contributed by atoms with E-state index in [1.165, 1.54) is 12.4 Å². The number of benzene rings is 1. The first kappa shape index (κ1) is 31.0. The molecule has 1 saturated carbocycles. The number of rotatable bonds is 7. The van der Waals surface area contributed by atoms with Crippen LogP contribution >= 0.6 is 23.4 Å². The molecule has 6 atom stereocenters. The lowest BCUT2D eigenvalue weighted by atomic mass is 9.79. The van der Waals surface area contributed by atoms with Crippen LogP contribution in [-0.2, 0) is 4.74 Å². The Hall–Kier alpha value is -2.47. The van der Waals surface area contributed by atoms with Crippen molar-refractivity contribution in [2.75, 3.05) is 6.61 Å². The van der Waals surface area contributed by atoms with E-state index in [0.717, 1.165) is 22.6 Å². The minimum atomic E-state index is -2.98. The highest BCUT2D eigenvalue weighted by atomic mass is 35.5. The number of halogens is 6. The van der Waals surface area contributed by atoms with Crippen molar-refractivity contribution >= 4 is 23.4 Å². The third kappa shape index (κ3) is 5.98. The largest absolute Gasteiger partial charge is 0.394 e. The van der Waals surface area contributed by atoms with Gasteiger partial charge in [0.25, 0.3) is 0 Å². The maximum Gasteiger partial charge on any atom is 0.248 e. The van der Waals surface area contributed by atoms with Crippen LogP contribution in [0.15, 0.2) is 30.7 Å². The molecule has 10 nitrogen and oxygen atoms in total. The summed E-state index contributed by atoms with van der Waals surface area (Å²) in [7, 11) is 0. The molecule has 1 aliphatic heterocycles. The van der Waals surface area contributed by atoms with Crippen molar-refractivity contribution in [2.24, 2.45) is 0 Å². The highest BCUT2D eigenvalue weighted by Crippen LogP contribution is 2.53. The van der Waals surface area contributed by atoms with Crippen LogP contribution in [0.3, 0.4) is 0 Å². The van der Waals surface area contributed by atoms with Crippen molar-refractivity contribution in [3.05, 3.63) is 59.0 Å². The third-order valence-electron chi connectivity index (χ3n) is 7.48. The molecular weight excluding hydrogens is 613 g/mol. The molecule has 0 radical (unpaired) electrons. The van der Waals surface area contributed by atoms with Crippen molar-refractivity contribution in [1.29, 1.82) is 0 Å². The lowest BCUT2D eigenvalue weighted by molar-refractivity contribution is -0.179. The highest BCUT2D eigenvalue weighted by molar-refractivity contribution is 8.00. The third-order valence-corrected chi connectivity index (χ3v) is 9.36. The number of nitrogens with zero attached hydrogens (tertiary/aromatic N) is 5. The predicted molar refractivity (Wildman–Crippen MR) is 138 cm³/mol. The molecule has 1 saturated heterocycles. The lowest BCUT2D eigenvalue weighted by Crippen LogP contribution is -2.55. The Labute approximate surface area is 244 Å². The number of hydrogen-bond donors (Lipinski definition) is 4. The standard InChI is InChI=1S/C25H25ClF5N5O5S/c26-22-17(32-5-6-33-22)21(24(40)1-3-25(30,31)4-2-24)42-23-20(39)18(19(38)15(10-37)41-23)36-9-14(34-35-36)11-7-12(27)16(29)13(28)8-11/h5-9,15,18-21,23,37-40H,1-4,10H2/t15-,18+,19+,20-,21-,23+/m1/s1. The van der Waals surface area contributed by atoms with Gasteiger partial charge in [0.1, 0.15) is 35.5 Å². The van der Waals surface area contributed by atoms with E-state index in [1.807, 2.05) is 0 Å². The van der Waals surface area contributed by atoms with Crippen LogP contribution in [0.4, 0.5) is 22.0 Å². The topological polar surface area (TPSA) is 147 Å². The Morgan fingerprint density at radius 1 is 1.05 bits per heavy atom.